The number of benzene rings is 1. The molecule has 0 aromatic heterocycles. The van der Waals surface area contributed by atoms with Crippen LogP contribution in [0.15, 0.2) is 36.9 Å². The minimum absolute atomic E-state index is 0.0441. The molecular formula is C24H30F4. The molecule has 154 valence electrons. The van der Waals surface area contributed by atoms with Crippen LogP contribution in [0.4, 0.5) is 17.6 Å². The van der Waals surface area contributed by atoms with Gasteiger partial charge < -0.3 is 0 Å². The molecule has 0 bridgehead atoms. The SMILES string of the molecule is C=CC1CCC(C2C=CC(CCc3ccc(C)c(F)c3C(F)(F)F)CC2)CC1. The Bertz CT molecular complexity index is 708. The zero-order chi connectivity index (χ0) is 20.3. The van der Waals surface area contributed by atoms with Crippen molar-refractivity contribution in [2.45, 2.75) is 64.5 Å². The molecule has 0 radical (unpaired) electrons. The molecule has 3 rings (SSSR count). The zero-order valence-electron chi connectivity index (χ0n) is 16.6. The molecular weight excluding hydrogens is 364 g/mol. The molecule has 1 fully saturated rings. The molecule has 2 atom stereocenters. The first kappa shape index (κ1) is 21.1. The highest BCUT2D eigenvalue weighted by Gasteiger charge is 2.37. The highest BCUT2D eigenvalue weighted by molar-refractivity contribution is 5.35. The van der Waals surface area contributed by atoms with Gasteiger partial charge in [0, 0.05) is 0 Å². The number of allylic oxidation sites excluding steroid dienone is 3. The lowest BCUT2D eigenvalue weighted by atomic mass is 9.71. The summed E-state index contributed by atoms with van der Waals surface area (Å²) in [5, 5.41) is 0. The van der Waals surface area contributed by atoms with Gasteiger partial charge in [0.15, 0.2) is 0 Å². The fourth-order valence-corrected chi connectivity index (χ4v) is 4.92. The van der Waals surface area contributed by atoms with Crippen molar-refractivity contribution in [3.63, 3.8) is 0 Å². The van der Waals surface area contributed by atoms with Crippen molar-refractivity contribution in [1.82, 2.24) is 0 Å². The van der Waals surface area contributed by atoms with Crippen LogP contribution in [0.1, 0.15) is 61.6 Å². The third kappa shape index (κ3) is 4.87. The Morgan fingerprint density at radius 3 is 2.32 bits per heavy atom. The van der Waals surface area contributed by atoms with Crippen LogP contribution in [-0.2, 0) is 12.6 Å². The van der Waals surface area contributed by atoms with Gasteiger partial charge in [-0.1, -0.05) is 30.4 Å². The number of hydrogen-bond acceptors (Lipinski definition) is 0. The molecule has 0 aliphatic heterocycles. The average molecular weight is 394 g/mol. The standard InChI is InChI=1S/C24H30F4/c1-3-17-5-11-19(12-6-17)20-13-7-18(8-14-20)9-15-21-10-4-16(2)23(25)22(21)24(26,27)28/h3-4,7,10,13,17-20H,1,5-6,8-9,11-12,14-15H2,2H3. The van der Waals surface area contributed by atoms with Gasteiger partial charge in [0.05, 0.1) is 5.56 Å². The summed E-state index contributed by atoms with van der Waals surface area (Å²) in [6, 6.07) is 2.89. The lowest BCUT2D eigenvalue weighted by molar-refractivity contribution is -0.140. The predicted molar refractivity (Wildman–Crippen MR) is 105 cm³/mol. The van der Waals surface area contributed by atoms with Gasteiger partial charge in [-0.2, -0.15) is 13.2 Å². The smallest absolute Gasteiger partial charge is 0.206 e. The van der Waals surface area contributed by atoms with E-state index in [9.17, 15) is 17.6 Å². The Labute approximate surface area is 165 Å². The summed E-state index contributed by atoms with van der Waals surface area (Å²) in [6.07, 6.45) is 9.88. The van der Waals surface area contributed by atoms with E-state index >= 15 is 0 Å². The van der Waals surface area contributed by atoms with Gasteiger partial charge in [0.1, 0.15) is 5.82 Å². The van der Waals surface area contributed by atoms with E-state index in [2.05, 4.69) is 24.8 Å². The summed E-state index contributed by atoms with van der Waals surface area (Å²) in [5.74, 6) is 1.15. The third-order valence-corrected chi connectivity index (χ3v) is 6.75. The second-order valence-corrected chi connectivity index (χ2v) is 8.56. The van der Waals surface area contributed by atoms with Crippen molar-refractivity contribution < 1.29 is 17.6 Å². The molecule has 2 aliphatic carbocycles. The van der Waals surface area contributed by atoms with Gasteiger partial charge in [-0.3, -0.25) is 0 Å². The first-order chi connectivity index (χ1) is 13.3. The first-order valence-corrected chi connectivity index (χ1v) is 10.5. The maximum Gasteiger partial charge on any atom is 0.419 e. The summed E-state index contributed by atoms with van der Waals surface area (Å²) in [7, 11) is 0. The number of hydrogen-bond donors (Lipinski definition) is 0. The van der Waals surface area contributed by atoms with E-state index in [-0.39, 0.29) is 23.5 Å². The maximum atomic E-state index is 14.1. The molecule has 2 unspecified atom stereocenters. The Kier molecular flexibility index (Phi) is 6.67. The second kappa shape index (κ2) is 8.84. The van der Waals surface area contributed by atoms with Crippen LogP contribution in [-0.4, -0.2) is 0 Å². The minimum atomic E-state index is -4.65. The summed E-state index contributed by atoms with van der Waals surface area (Å²) >= 11 is 0. The minimum Gasteiger partial charge on any atom is -0.206 e. The van der Waals surface area contributed by atoms with E-state index in [1.807, 2.05) is 0 Å². The van der Waals surface area contributed by atoms with Gasteiger partial charge in [0.25, 0.3) is 0 Å². The molecule has 0 amide bonds. The predicted octanol–water partition coefficient (Wildman–Crippen LogP) is 7.66. The van der Waals surface area contributed by atoms with Crippen LogP contribution in [0, 0.1) is 36.4 Å². The highest BCUT2D eigenvalue weighted by atomic mass is 19.4. The van der Waals surface area contributed by atoms with Gasteiger partial charge in [-0.25, -0.2) is 4.39 Å². The van der Waals surface area contributed by atoms with Crippen molar-refractivity contribution in [3.05, 3.63) is 59.4 Å². The molecule has 0 saturated heterocycles. The van der Waals surface area contributed by atoms with Crippen LogP contribution < -0.4 is 0 Å². The maximum absolute atomic E-state index is 14.1. The Morgan fingerprint density at radius 2 is 1.75 bits per heavy atom. The normalized spacial score (nSPS) is 28.3. The number of alkyl halides is 3. The van der Waals surface area contributed by atoms with Crippen molar-refractivity contribution in [1.29, 1.82) is 0 Å². The molecule has 0 heterocycles. The highest BCUT2D eigenvalue weighted by Crippen LogP contribution is 2.40. The van der Waals surface area contributed by atoms with E-state index in [4.69, 9.17) is 0 Å². The molecule has 1 aromatic carbocycles. The van der Waals surface area contributed by atoms with Gasteiger partial charge in [0.2, 0.25) is 0 Å². The van der Waals surface area contributed by atoms with Gasteiger partial charge in [-0.05, 0) is 93.1 Å². The van der Waals surface area contributed by atoms with Crippen LogP contribution in [0.2, 0.25) is 0 Å². The van der Waals surface area contributed by atoms with Crippen LogP contribution in [0.3, 0.4) is 0 Å². The number of halogens is 4. The third-order valence-electron chi connectivity index (χ3n) is 6.75. The van der Waals surface area contributed by atoms with Crippen molar-refractivity contribution in [3.8, 4) is 0 Å². The van der Waals surface area contributed by atoms with Crippen molar-refractivity contribution in [2.24, 2.45) is 23.7 Å². The molecule has 1 aromatic rings. The second-order valence-electron chi connectivity index (χ2n) is 8.56. The van der Waals surface area contributed by atoms with E-state index < -0.39 is 17.6 Å². The molecule has 0 nitrogen and oxygen atoms in total. The van der Waals surface area contributed by atoms with Crippen LogP contribution >= 0.6 is 0 Å². The van der Waals surface area contributed by atoms with Crippen molar-refractivity contribution in [2.75, 3.05) is 0 Å². The summed E-state index contributed by atoms with van der Waals surface area (Å²) in [5.41, 5.74) is -0.958. The van der Waals surface area contributed by atoms with Crippen LogP contribution in [0.25, 0.3) is 0 Å². The molecule has 4 heteroatoms. The number of aryl methyl sites for hydroxylation is 2. The lowest BCUT2D eigenvalue weighted by Gasteiger charge is -2.34. The quantitative estimate of drug-likeness (QED) is 0.355. The van der Waals surface area contributed by atoms with E-state index in [1.54, 1.807) is 0 Å². The van der Waals surface area contributed by atoms with Gasteiger partial charge >= 0.3 is 6.18 Å². The lowest BCUT2D eigenvalue weighted by Crippen LogP contribution is -2.22. The van der Waals surface area contributed by atoms with E-state index in [1.165, 1.54) is 44.7 Å². The Hall–Kier alpha value is -1.58. The zero-order valence-corrected chi connectivity index (χ0v) is 16.6. The van der Waals surface area contributed by atoms with E-state index in [0.29, 0.717) is 18.3 Å². The molecule has 2 aliphatic rings. The number of rotatable bonds is 5. The van der Waals surface area contributed by atoms with Crippen molar-refractivity contribution >= 4 is 0 Å². The monoisotopic (exact) mass is 394 g/mol. The topological polar surface area (TPSA) is 0 Å². The summed E-state index contributed by atoms with van der Waals surface area (Å²) < 4.78 is 54.0. The molecule has 0 N–H and O–H groups in total. The fraction of sp³-hybridized carbons (Fsp3) is 0.583. The molecule has 0 spiro atoms. The molecule has 28 heavy (non-hydrogen) atoms. The largest absolute Gasteiger partial charge is 0.419 e. The first-order valence-electron chi connectivity index (χ1n) is 10.5. The Balaban J connectivity index is 1.59. The fourth-order valence-electron chi connectivity index (χ4n) is 4.92. The molecule has 1 saturated carbocycles. The van der Waals surface area contributed by atoms with E-state index in [0.717, 1.165) is 18.8 Å². The average Bonchev–Trinajstić information content (AvgIpc) is 2.68. The summed E-state index contributed by atoms with van der Waals surface area (Å²) in [6.45, 7) is 5.28. The van der Waals surface area contributed by atoms with Gasteiger partial charge in [-0.15, -0.1) is 6.58 Å². The summed E-state index contributed by atoms with van der Waals surface area (Å²) in [4.78, 5) is 0. The van der Waals surface area contributed by atoms with Crippen LogP contribution in [0.5, 0.6) is 0 Å². The Morgan fingerprint density at radius 1 is 1.04 bits per heavy atom.